The monoisotopic (exact) mass is 292 g/mol. The van der Waals surface area contributed by atoms with Gasteiger partial charge in [-0.2, -0.15) is 0 Å². The molecule has 116 valence electrons. The maximum absolute atomic E-state index is 12.5. The van der Waals surface area contributed by atoms with Crippen molar-refractivity contribution in [1.82, 2.24) is 5.32 Å². The van der Waals surface area contributed by atoms with E-state index in [4.69, 9.17) is 15.2 Å². The van der Waals surface area contributed by atoms with E-state index < -0.39 is 0 Å². The van der Waals surface area contributed by atoms with Gasteiger partial charge in [0.1, 0.15) is 11.5 Å². The molecule has 2 rings (SSSR count). The van der Waals surface area contributed by atoms with Gasteiger partial charge < -0.3 is 20.5 Å². The fourth-order valence-corrected chi connectivity index (χ4v) is 2.97. The van der Waals surface area contributed by atoms with Gasteiger partial charge in [-0.3, -0.25) is 4.79 Å². The lowest BCUT2D eigenvalue weighted by Gasteiger charge is -2.23. The second-order valence-electron chi connectivity index (χ2n) is 5.43. The molecule has 0 saturated heterocycles. The zero-order valence-electron chi connectivity index (χ0n) is 12.7. The minimum absolute atomic E-state index is 0.0240. The summed E-state index contributed by atoms with van der Waals surface area (Å²) in [5.74, 6) is 1.49. The normalized spacial score (nSPS) is 16.5. The van der Waals surface area contributed by atoms with E-state index in [0.717, 1.165) is 12.8 Å². The van der Waals surface area contributed by atoms with Gasteiger partial charge in [-0.15, -0.1) is 0 Å². The van der Waals surface area contributed by atoms with Crippen LogP contribution in [0, 0.1) is 5.92 Å². The van der Waals surface area contributed by atoms with Crippen LogP contribution in [0.15, 0.2) is 18.2 Å². The average molecular weight is 292 g/mol. The molecule has 0 heterocycles. The zero-order chi connectivity index (χ0) is 15.2. The van der Waals surface area contributed by atoms with Crippen LogP contribution in [0.3, 0.4) is 0 Å². The van der Waals surface area contributed by atoms with Gasteiger partial charge in [-0.1, -0.05) is 12.8 Å². The Morgan fingerprint density at radius 3 is 2.62 bits per heavy atom. The van der Waals surface area contributed by atoms with E-state index in [9.17, 15) is 4.79 Å². The third-order valence-electron chi connectivity index (χ3n) is 4.19. The van der Waals surface area contributed by atoms with Crippen molar-refractivity contribution in [2.24, 2.45) is 11.7 Å². The Morgan fingerprint density at radius 1 is 1.33 bits per heavy atom. The second kappa shape index (κ2) is 7.31. The van der Waals surface area contributed by atoms with Crippen molar-refractivity contribution < 1.29 is 14.3 Å². The van der Waals surface area contributed by atoms with Gasteiger partial charge >= 0.3 is 0 Å². The minimum atomic E-state index is -0.159. The van der Waals surface area contributed by atoms with Crippen molar-refractivity contribution in [3.63, 3.8) is 0 Å². The third kappa shape index (κ3) is 3.67. The molecule has 0 bridgehead atoms. The molecule has 1 saturated carbocycles. The molecule has 0 spiro atoms. The molecule has 0 radical (unpaired) electrons. The summed E-state index contributed by atoms with van der Waals surface area (Å²) in [7, 11) is 3.13. The number of benzene rings is 1. The van der Waals surface area contributed by atoms with Crippen LogP contribution < -0.4 is 20.5 Å². The second-order valence-corrected chi connectivity index (χ2v) is 5.43. The van der Waals surface area contributed by atoms with E-state index in [-0.39, 0.29) is 11.9 Å². The quantitative estimate of drug-likeness (QED) is 0.840. The van der Waals surface area contributed by atoms with E-state index in [0.29, 0.717) is 29.5 Å². The molecule has 0 aromatic heterocycles. The predicted octanol–water partition coefficient (Wildman–Crippen LogP) is 1.95. The number of methoxy groups -OCH3 is 2. The van der Waals surface area contributed by atoms with Crippen LogP contribution in [0.25, 0.3) is 0 Å². The van der Waals surface area contributed by atoms with Crippen molar-refractivity contribution >= 4 is 5.91 Å². The number of amides is 1. The number of ether oxygens (including phenoxy) is 2. The molecule has 1 fully saturated rings. The Bertz CT molecular complexity index is 484. The van der Waals surface area contributed by atoms with E-state index in [1.165, 1.54) is 12.8 Å². The maximum atomic E-state index is 12.5. The number of hydrogen-bond acceptors (Lipinski definition) is 4. The van der Waals surface area contributed by atoms with Crippen LogP contribution in [-0.4, -0.2) is 32.7 Å². The minimum Gasteiger partial charge on any atom is -0.497 e. The lowest BCUT2D eigenvalue weighted by Crippen LogP contribution is -2.44. The number of rotatable bonds is 6. The SMILES string of the molecule is COc1ccc(OC)c(C(=O)NC(CN)C2CCCC2)c1. The largest absolute Gasteiger partial charge is 0.497 e. The predicted molar refractivity (Wildman–Crippen MR) is 81.8 cm³/mol. The number of hydrogen-bond donors (Lipinski definition) is 2. The van der Waals surface area contributed by atoms with Crippen LogP contribution in [0.5, 0.6) is 11.5 Å². The highest BCUT2D eigenvalue weighted by Crippen LogP contribution is 2.28. The standard InChI is InChI=1S/C16H24N2O3/c1-20-12-7-8-15(21-2)13(9-12)16(19)18-14(10-17)11-5-3-4-6-11/h7-9,11,14H,3-6,10,17H2,1-2H3,(H,18,19). The van der Waals surface area contributed by atoms with Gasteiger partial charge in [0.2, 0.25) is 0 Å². The molecule has 5 nitrogen and oxygen atoms in total. The summed E-state index contributed by atoms with van der Waals surface area (Å²) >= 11 is 0. The molecule has 1 atom stereocenters. The number of carbonyl (C=O) groups excluding carboxylic acids is 1. The molecule has 1 aliphatic carbocycles. The Kier molecular flexibility index (Phi) is 5.44. The molecule has 1 amide bonds. The van der Waals surface area contributed by atoms with Crippen molar-refractivity contribution in [3.8, 4) is 11.5 Å². The van der Waals surface area contributed by atoms with Crippen LogP contribution >= 0.6 is 0 Å². The van der Waals surface area contributed by atoms with Gasteiger partial charge in [0, 0.05) is 12.6 Å². The average Bonchev–Trinajstić information content (AvgIpc) is 3.05. The van der Waals surface area contributed by atoms with Crippen LogP contribution in [0.1, 0.15) is 36.0 Å². The fraction of sp³-hybridized carbons (Fsp3) is 0.562. The molecular formula is C16H24N2O3. The van der Waals surface area contributed by atoms with E-state index in [1.807, 2.05) is 0 Å². The highest BCUT2D eigenvalue weighted by Gasteiger charge is 2.26. The lowest BCUT2D eigenvalue weighted by atomic mass is 9.97. The highest BCUT2D eigenvalue weighted by molar-refractivity contribution is 5.97. The smallest absolute Gasteiger partial charge is 0.255 e. The first-order chi connectivity index (χ1) is 10.2. The first-order valence-corrected chi connectivity index (χ1v) is 7.42. The Balaban J connectivity index is 2.14. The third-order valence-corrected chi connectivity index (χ3v) is 4.19. The molecule has 5 heteroatoms. The number of nitrogens with one attached hydrogen (secondary N) is 1. The summed E-state index contributed by atoms with van der Waals surface area (Å²) < 4.78 is 10.4. The van der Waals surface area contributed by atoms with Gasteiger partial charge in [0.15, 0.2) is 0 Å². The first kappa shape index (κ1) is 15.6. The summed E-state index contributed by atoms with van der Waals surface area (Å²) in [5.41, 5.74) is 6.31. The molecular weight excluding hydrogens is 268 g/mol. The number of carbonyl (C=O) groups is 1. The lowest BCUT2D eigenvalue weighted by molar-refractivity contribution is 0.0920. The van der Waals surface area contributed by atoms with Crippen LogP contribution in [-0.2, 0) is 0 Å². The van der Waals surface area contributed by atoms with E-state index in [1.54, 1.807) is 32.4 Å². The Morgan fingerprint density at radius 2 is 2.05 bits per heavy atom. The van der Waals surface area contributed by atoms with Gasteiger partial charge in [0.05, 0.1) is 19.8 Å². The maximum Gasteiger partial charge on any atom is 0.255 e. The molecule has 1 aliphatic rings. The van der Waals surface area contributed by atoms with Crippen LogP contribution in [0.4, 0.5) is 0 Å². The molecule has 1 aromatic rings. The van der Waals surface area contributed by atoms with Crippen molar-refractivity contribution in [1.29, 1.82) is 0 Å². The topological polar surface area (TPSA) is 73.6 Å². The fourth-order valence-electron chi connectivity index (χ4n) is 2.97. The van der Waals surface area contributed by atoms with Gasteiger partial charge in [-0.05, 0) is 37.0 Å². The summed E-state index contributed by atoms with van der Waals surface area (Å²) in [6, 6.07) is 5.22. The molecule has 3 N–H and O–H groups in total. The van der Waals surface area contributed by atoms with Gasteiger partial charge in [-0.25, -0.2) is 0 Å². The van der Waals surface area contributed by atoms with Crippen molar-refractivity contribution in [2.45, 2.75) is 31.7 Å². The van der Waals surface area contributed by atoms with Crippen molar-refractivity contribution in [2.75, 3.05) is 20.8 Å². The Hall–Kier alpha value is -1.75. The summed E-state index contributed by atoms with van der Waals surface area (Å²) in [6.45, 7) is 0.461. The van der Waals surface area contributed by atoms with E-state index in [2.05, 4.69) is 5.32 Å². The van der Waals surface area contributed by atoms with Crippen molar-refractivity contribution in [3.05, 3.63) is 23.8 Å². The number of nitrogens with two attached hydrogens (primary N) is 1. The highest BCUT2D eigenvalue weighted by atomic mass is 16.5. The molecule has 1 aromatic carbocycles. The molecule has 0 aliphatic heterocycles. The van der Waals surface area contributed by atoms with E-state index >= 15 is 0 Å². The Labute approximate surface area is 125 Å². The first-order valence-electron chi connectivity index (χ1n) is 7.42. The molecule has 1 unspecified atom stereocenters. The van der Waals surface area contributed by atoms with Gasteiger partial charge in [0.25, 0.3) is 5.91 Å². The van der Waals surface area contributed by atoms with Crippen LogP contribution in [0.2, 0.25) is 0 Å². The molecule has 21 heavy (non-hydrogen) atoms. The zero-order valence-corrected chi connectivity index (χ0v) is 12.7. The summed E-state index contributed by atoms with van der Waals surface area (Å²) in [4.78, 5) is 12.5. The summed E-state index contributed by atoms with van der Waals surface area (Å²) in [6.07, 6.45) is 4.72. The summed E-state index contributed by atoms with van der Waals surface area (Å²) in [5, 5.41) is 3.05.